The van der Waals surface area contributed by atoms with Crippen LogP contribution < -0.4 is 5.32 Å². The van der Waals surface area contributed by atoms with Gasteiger partial charge in [0.15, 0.2) is 5.82 Å². The average Bonchev–Trinajstić information content (AvgIpc) is 2.87. The molecule has 16 heavy (non-hydrogen) atoms. The number of aliphatic hydroxyl groups excluding tert-OH is 1. The lowest BCUT2D eigenvalue weighted by atomic mass is 10.2. The van der Waals surface area contributed by atoms with E-state index in [2.05, 4.69) is 15.5 Å². The number of nitrogens with one attached hydrogen (secondary N) is 1. The van der Waals surface area contributed by atoms with Crippen molar-refractivity contribution in [3.05, 3.63) is 11.7 Å². The molecule has 0 radical (unpaired) electrons. The van der Waals surface area contributed by atoms with Gasteiger partial charge in [0.1, 0.15) is 0 Å². The molecule has 0 spiro atoms. The van der Waals surface area contributed by atoms with E-state index in [1.165, 1.54) is 0 Å². The maximum absolute atomic E-state index is 9.38. The van der Waals surface area contributed by atoms with Crippen LogP contribution in [0.1, 0.15) is 31.1 Å². The molecular formula is C10H17N3O3. The summed E-state index contributed by atoms with van der Waals surface area (Å²) in [5.41, 5.74) is 0. The van der Waals surface area contributed by atoms with E-state index >= 15 is 0 Å². The molecule has 1 aromatic heterocycles. The Morgan fingerprint density at radius 3 is 3.12 bits per heavy atom. The highest BCUT2D eigenvalue weighted by molar-refractivity contribution is 4.98. The predicted octanol–water partition coefficient (Wildman–Crippen LogP) is 0.0423. The van der Waals surface area contributed by atoms with Crippen LogP contribution in [0.3, 0.4) is 0 Å². The third kappa shape index (κ3) is 2.58. The van der Waals surface area contributed by atoms with Crippen LogP contribution in [0.5, 0.6) is 0 Å². The van der Waals surface area contributed by atoms with E-state index in [9.17, 15) is 5.11 Å². The van der Waals surface area contributed by atoms with Gasteiger partial charge in [-0.15, -0.1) is 0 Å². The second-order valence-corrected chi connectivity index (χ2v) is 4.15. The van der Waals surface area contributed by atoms with E-state index in [0.717, 1.165) is 0 Å². The van der Waals surface area contributed by atoms with Crippen LogP contribution in [0.15, 0.2) is 4.52 Å². The molecule has 0 aromatic carbocycles. The van der Waals surface area contributed by atoms with Crippen LogP contribution in [0.2, 0.25) is 0 Å². The lowest BCUT2D eigenvalue weighted by Crippen LogP contribution is -2.15. The Bertz CT molecular complexity index is 342. The first-order valence-electron chi connectivity index (χ1n) is 5.45. The Labute approximate surface area is 94.0 Å². The van der Waals surface area contributed by atoms with Crippen molar-refractivity contribution in [2.75, 3.05) is 13.7 Å². The monoisotopic (exact) mass is 227 g/mol. The fourth-order valence-corrected chi connectivity index (χ4v) is 1.74. The number of aromatic nitrogens is 2. The third-order valence-electron chi connectivity index (χ3n) is 2.76. The Morgan fingerprint density at radius 1 is 1.69 bits per heavy atom. The quantitative estimate of drug-likeness (QED) is 0.756. The van der Waals surface area contributed by atoms with Gasteiger partial charge in [-0.25, -0.2) is 0 Å². The second kappa shape index (κ2) is 4.90. The van der Waals surface area contributed by atoms with Crippen molar-refractivity contribution in [3.8, 4) is 0 Å². The second-order valence-electron chi connectivity index (χ2n) is 4.15. The first kappa shape index (κ1) is 11.5. The first-order chi connectivity index (χ1) is 7.69. The van der Waals surface area contributed by atoms with Gasteiger partial charge in [0, 0.05) is 20.1 Å². The lowest BCUT2D eigenvalue weighted by Gasteiger charge is -2.04. The van der Waals surface area contributed by atoms with Crippen LogP contribution in [0, 0.1) is 0 Å². The molecule has 6 heteroatoms. The molecule has 0 aliphatic carbocycles. The number of rotatable bonds is 4. The summed E-state index contributed by atoms with van der Waals surface area (Å²) in [6.45, 7) is 2.53. The Hall–Kier alpha value is -0.980. The van der Waals surface area contributed by atoms with Gasteiger partial charge in [0.2, 0.25) is 5.89 Å². The van der Waals surface area contributed by atoms with E-state index in [1.807, 2.05) is 6.92 Å². The van der Waals surface area contributed by atoms with Crippen molar-refractivity contribution in [2.24, 2.45) is 0 Å². The van der Waals surface area contributed by atoms with Crippen molar-refractivity contribution >= 4 is 0 Å². The Kier molecular flexibility index (Phi) is 3.52. The number of hydrogen-bond acceptors (Lipinski definition) is 6. The molecule has 1 aliphatic heterocycles. The minimum atomic E-state index is -0.321. The highest BCUT2D eigenvalue weighted by atomic mass is 16.5. The Balaban J connectivity index is 1.97. The summed E-state index contributed by atoms with van der Waals surface area (Å²) < 4.78 is 10.3. The molecule has 1 unspecified atom stereocenters. The van der Waals surface area contributed by atoms with Gasteiger partial charge in [0.05, 0.1) is 18.2 Å². The topological polar surface area (TPSA) is 80.4 Å². The third-order valence-corrected chi connectivity index (χ3v) is 2.76. The standard InChI is InChI=1S/C10H17N3O3/c1-6(15-2)3-9-12-10(16-13-9)8-4-7(14)5-11-8/h6-8,11,14H,3-5H2,1-2H3/t6?,7-,8+/m1/s1. The van der Waals surface area contributed by atoms with E-state index in [4.69, 9.17) is 9.26 Å². The van der Waals surface area contributed by atoms with Gasteiger partial charge in [-0.1, -0.05) is 5.16 Å². The smallest absolute Gasteiger partial charge is 0.243 e. The molecule has 1 saturated heterocycles. The van der Waals surface area contributed by atoms with Crippen LogP contribution in [-0.4, -0.2) is 41.1 Å². The molecule has 0 saturated carbocycles. The minimum Gasteiger partial charge on any atom is -0.392 e. The molecule has 0 bridgehead atoms. The minimum absolute atomic E-state index is 0.0194. The van der Waals surface area contributed by atoms with Gasteiger partial charge in [-0.05, 0) is 13.3 Å². The Morgan fingerprint density at radius 2 is 2.50 bits per heavy atom. The molecule has 1 fully saturated rings. The summed E-state index contributed by atoms with van der Waals surface area (Å²) >= 11 is 0. The van der Waals surface area contributed by atoms with Crippen LogP contribution in [-0.2, 0) is 11.2 Å². The molecule has 6 nitrogen and oxygen atoms in total. The van der Waals surface area contributed by atoms with Crippen molar-refractivity contribution in [2.45, 2.75) is 38.0 Å². The number of nitrogens with zero attached hydrogens (tertiary/aromatic N) is 2. The largest absolute Gasteiger partial charge is 0.392 e. The van der Waals surface area contributed by atoms with Crippen molar-refractivity contribution in [3.63, 3.8) is 0 Å². The van der Waals surface area contributed by atoms with Gasteiger partial charge in [-0.3, -0.25) is 0 Å². The summed E-state index contributed by atoms with van der Waals surface area (Å²) in [5.74, 6) is 1.20. The molecular weight excluding hydrogens is 210 g/mol. The lowest BCUT2D eigenvalue weighted by molar-refractivity contribution is 0.116. The van der Waals surface area contributed by atoms with Crippen LogP contribution >= 0.6 is 0 Å². The van der Waals surface area contributed by atoms with E-state index in [1.54, 1.807) is 7.11 Å². The normalized spacial score (nSPS) is 27.2. The predicted molar refractivity (Wildman–Crippen MR) is 55.8 cm³/mol. The highest BCUT2D eigenvalue weighted by Crippen LogP contribution is 2.21. The van der Waals surface area contributed by atoms with Crippen LogP contribution in [0.25, 0.3) is 0 Å². The fraction of sp³-hybridized carbons (Fsp3) is 0.800. The first-order valence-corrected chi connectivity index (χ1v) is 5.45. The van der Waals surface area contributed by atoms with Crippen LogP contribution in [0.4, 0.5) is 0 Å². The molecule has 1 aliphatic rings. The zero-order valence-corrected chi connectivity index (χ0v) is 9.51. The maximum atomic E-state index is 9.38. The molecule has 90 valence electrons. The van der Waals surface area contributed by atoms with E-state index < -0.39 is 0 Å². The summed E-state index contributed by atoms with van der Waals surface area (Å²) in [4.78, 5) is 4.28. The van der Waals surface area contributed by atoms with Gasteiger partial charge in [0.25, 0.3) is 0 Å². The molecule has 2 rings (SSSR count). The zero-order chi connectivity index (χ0) is 11.5. The fourth-order valence-electron chi connectivity index (χ4n) is 1.74. The SMILES string of the molecule is COC(C)Cc1noc([C@@H]2C[C@@H](O)CN2)n1. The summed E-state index contributed by atoms with van der Waals surface area (Å²) in [6, 6.07) is -0.0194. The molecule has 2 N–H and O–H groups in total. The van der Waals surface area contributed by atoms with Crippen molar-refractivity contribution < 1.29 is 14.4 Å². The summed E-state index contributed by atoms with van der Waals surface area (Å²) in [6.07, 6.45) is 1.02. The molecule has 0 amide bonds. The number of aliphatic hydroxyl groups is 1. The molecule has 1 aromatic rings. The average molecular weight is 227 g/mol. The number of ether oxygens (including phenoxy) is 1. The van der Waals surface area contributed by atoms with Gasteiger partial charge < -0.3 is 19.7 Å². The number of β-amino-alcohol motifs (C(OH)–C–C–N with tert-alkyl or cyclic N) is 1. The van der Waals surface area contributed by atoms with E-state index in [-0.39, 0.29) is 18.2 Å². The molecule has 3 atom stereocenters. The van der Waals surface area contributed by atoms with E-state index in [0.29, 0.717) is 31.1 Å². The summed E-state index contributed by atoms with van der Waals surface area (Å²) in [7, 11) is 1.65. The number of hydrogen-bond donors (Lipinski definition) is 2. The van der Waals surface area contributed by atoms with Crippen molar-refractivity contribution in [1.82, 2.24) is 15.5 Å². The maximum Gasteiger partial charge on any atom is 0.243 e. The molecule has 2 heterocycles. The van der Waals surface area contributed by atoms with Crippen molar-refractivity contribution in [1.29, 1.82) is 0 Å². The zero-order valence-electron chi connectivity index (χ0n) is 9.51. The van der Waals surface area contributed by atoms with Gasteiger partial charge in [-0.2, -0.15) is 4.98 Å². The summed E-state index contributed by atoms with van der Waals surface area (Å²) in [5, 5.41) is 16.4. The number of methoxy groups -OCH3 is 1. The van der Waals surface area contributed by atoms with Gasteiger partial charge >= 0.3 is 0 Å². The highest BCUT2D eigenvalue weighted by Gasteiger charge is 2.28.